The summed E-state index contributed by atoms with van der Waals surface area (Å²) >= 11 is 0. The minimum atomic E-state index is -1.94. The fourth-order valence-corrected chi connectivity index (χ4v) is 2.09. The van der Waals surface area contributed by atoms with Crippen molar-refractivity contribution in [2.45, 2.75) is 24.1 Å². The predicted octanol–water partition coefficient (Wildman–Crippen LogP) is -1.22. The molecule has 0 aliphatic carbocycles. The largest absolute Gasteiger partial charge is 0.457 e. The van der Waals surface area contributed by atoms with E-state index in [1.165, 1.54) is 24.3 Å². The van der Waals surface area contributed by atoms with Gasteiger partial charge in [0, 0.05) is 12.1 Å². The van der Waals surface area contributed by atoms with Crippen molar-refractivity contribution in [3.05, 3.63) is 34.4 Å². The van der Waals surface area contributed by atoms with Crippen molar-refractivity contribution in [2.75, 3.05) is 13.2 Å². The van der Waals surface area contributed by atoms with Crippen LogP contribution in [0.25, 0.3) is 0 Å². The first-order chi connectivity index (χ1) is 9.93. The molecule has 1 aliphatic heterocycles. The van der Waals surface area contributed by atoms with Crippen LogP contribution in [-0.4, -0.2) is 62.7 Å². The number of non-ortho nitro benzene ring substituents is 1. The van der Waals surface area contributed by atoms with E-state index in [2.05, 4.69) is 0 Å². The second kappa shape index (κ2) is 5.92. The number of hydrogen-bond acceptors (Lipinski definition) is 8. The Kier molecular flexibility index (Phi) is 4.40. The van der Waals surface area contributed by atoms with E-state index < -0.39 is 42.2 Å². The molecule has 0 spiro atoms. The number of benzene rings is 1. The number of aliphatic hydroxyl groups is 4. The molecule has 1 heterocycles. The molecule has 4 atom stereocenters. The van der Waals surface area contributed by atoms with Crippen LogP contribution in [0.2, 0.25) is 0 Å². The molecule has 9 heteroatoms. The van der Waals surface area contributed by atoms with E-state index >= 15 is 0 Å². The molecule has 21 heavy (non-hydrogen) atoms. The topological polar surface area (TPSA) is 143 Å². The summed E-state index contributed by atoms with van der Waals surface area (Å²) in [5.41, 5.74) is -0.151. The fraction of sp³-hybridized carbons (Fsp3) is 0.500. The van der Waals surface area contributed by atoms with Gasteiger partial charge in [-0.2, -0.15) is 0 Å². The van der Waals surface area contributed by atoms with Gasteiger partial charge in [-0.3, -0.25) is 10.1 Å². The van der Waals surface area contributed by atoms with Gasteiger partial charge < -0.3 is 29.9 Å². The van der Waals surface area contributed by atoms with Gasteiger partial charge in [-0.05, 0) is 12.1 Å². The van der Waals surface area contributed by atoms with Crippen molar-refractivity contribution >= 4 is 5.69 Å². The molecule has 9 nitrogen and oxygen atoms in total. The second-order valence-corrected chi connectivity index (χ2v) is 4.60. The van der Waals surface area contributed by atoms with Gasteiger partial charge in [-0.1, -0.05) is 0 Å². The highest BCUT2D eigenvalue weighted by molar-refractivity contribution is 5.36. The number of nitro groups is 1. The van der Waals surface area contributed by atoms with Crippen molar-refractivity contribution in [2.24, 2.45) is 0 Å². The van der Waals surface area contributed by atoms with Crippen molar-refractivity contribution in [1.29, 1.82) is 0 Å². The summed E-state index contributed by atoms with van der Waals surface area (Å²) < 4.78 is 10.5. The van der Waals surface area contributed by atoms with Crippen LogP contribution in [-0.2, 0) is 4.74 Å². The summed E-state index contributed by atoms with van der Waals surface area (Å²) in [6.45, 7) is -1.34. The lowest BCUT2D eigenvalue weighted by Gasteiger charge is -2.30. The zero-order valence-electron chi connectivity index (χ0n) is 10.8. The van der Waals surface area contributed by atoms with E-state index in [1.807, 2.05) is 0 Å². The Hall–Kier alpha value is -1.78. The molecule has 0 amide bonds. The highest BCUT2D eigenvalue weighted by atomic mass is 16.7. The number of hydrogen-bond donors (Lipinski definition) is 4. The van der Waals surface area contributed by atoms with E-state index in [0.29, 0.717) is 0 Å². The third kappa shape index (κ3) is 2.82. The average molecular weight is 301 g/mol. The Morgan fingerprint density at radius 2 is 1.90 bits per heavy atom. The standard InChI is InChI=1S/C12H15NO8/c14-5-9-10(16)11(17)12(6-15,21-9)20-8-3-1-7(2-4-8)13(18)19/h1-4,9-11,14-17H,5-6H2/t9-,10-,11+,12-/m0/s1. The van der Waals surface area contributed by atoms with Gasteiger partial charge in [-0.25, -0.2) is 0 Å². The lowest BCUT2D eigenvalue weighted by atomic mass is 10.1. The normalized spacial score (nSPS) is 32.1. The van der Waals surface area contributed by atoms with Crippen molar-refractivity contribution in [3.63, 3.8) is 0 Å². The SMILES string of the molecule is O=[N+]([O-])c1ccc(O[C@@]2(CO)O[C@@H](CO)[C@H](O)[C@H]2O)cc1. The molecule has 1 aromatic carbocycles. The molecule has 4 N–H and O–H groups in total. The van der Waals surface area contributed by atoms with Crippen LogP contribution in [0.1, 0.15) is 0 Å². The molecule has 116 valence electrons. The lowest BCUT2D eigenvalue weighted by Crippen LogP contribution is -2.51. The lowest BCUT2D eigenvalue weighted by molar-refractivity contribution is -0.384. The summed E-state index contributed by atoms with van der Waals surface area (Å²) in [7, 11) is 0. The summed E-state index contributed by atoms with van der Waals surface area (Å²) in [4.78, 5) is 9.97. The number of aliphatic hydroxyl groups excluding tert-OH is 4. The van der Waals surface area contributed by atoms with Gasteiger partial charge in [0.25, 0.3) is 11.5 Å². The van der Waals surface area contributed by atoms with E-state index in [9.17, 15) is 25.4 Å². The molecule has 2 rings (SSSR count). The van der Waals surface area contributed by atoms with Gasteiger partial charge in [0.05, 0.1) is 11.5 Å². The molecule has 1 aliphatic rings. The molecule has 0 aromatic heterocycles. The molecule has 1 fully saturated rings. The minimum Gasteiger partial charge on any atom is -0.457 e. The molecule has 1 saturated heterocycles. The van der Waals surface area contributed by atoms with Crippen molar-refractivity contribution in [1.82, 2.24) is 0 Å². The Morgan fingerprint density at radius 1 is 1.29 bits per heavy atom. The van der Waals surface area contributed by atoms with Crippen LogP contribution in [0.15, 0.2) is 24.3 Å². The van der Waals surface area contributed by atoms with Crippen LogP contribution in [0.3, 0.4) is 0 Å². The zero-order chi connectivity index (χ0) is 15.6. The molecule has 0 unspecified atom stereocenters. The summed E-state index contributed by atoms with van der Waals surface area (Å²) in [6.07, 6.45) is -4.12. The zero-order valence-corrected chi connectivity index (χ0v) is 10.8. The molecular formula is C12H15NO8. The van der Waals surface area contributed by atoms with Gasteiger partial charge in [0.15, 0.2) is 0 Å². The molecule has 1 aromatic rings. The van der Waals surface area contributed by atoms with E-state index in [4.69, 9.17) is 14.6 Å². The van der Waals surface area contributed by atoms with Crippen molar-refractivity contribution in [3.8, 4) is 5.75 Å². The maximum absolute atomic E-state index is 10.6. The Balaban J connectivity index is 2.20. The molecule has 0 saturated carbocycles. The van der Waals surface area contributed by atoms with Crippen molar-refractivity contribution < 1.29 is 34.8 Å². The van der Waals surface area contributed by atoms with Crippen LogP contribution in [0.5, 0.6) is 5.75 Å². The molecule has 0 radical (unpaired) electrons. The first kappa shape index (κ1) is 15.6. The Labute approximate surface area is 119 Å². The van der Waals surface area contributed by atoms with Crippen LogP contribution in [0.4, 0.5) is 5.69 Å². The fourth-order valence-electron chi connectivity index (χ4n) is 2.09. The Bertz CT molecular complexity index is 506. The van der Waals surface area contributed by atoms with E-state index in [1.54, 1.807) is 0 Å². The first-order valence-electron chi connectivity index (χ1n) is 6.12. The predicted molar refractivity (Wildman–Crippen MR) is 67.5 cm³/mol. The monoisotopic (exact) mass is 301 g/mol. The number of nitrogens with zero attached hydrogens (tertiary/aromatic N) is 1. The second-order valence-electron chi connectivity index (χ2n) is 4.60. The van der Waals surface area contributed by atoms with Gasteiger partial charge in [0.1, 0.15) is 30.7 Å². The third-order valence-electron chi connectivity index (χ3n) is 3.24. The maximum Gasteiger partial charge on any atom is 0.269 e. The minimum absolute atomic E-state index is 0.0967. The maximum atomic E-state index is 10.6. The van der Waals surface area contributed by atoms with E-state index in [0.717, 1.165) is 0 Å². The Morgan fingerprint density at radius 3 is 2.33 bits per heavy atom. The summed E-state index contributed by atoms with van der Waals surface area (Å²) in [5, 5.41) is 48.6. The number of rotatable bonds is 5. The van der Waals surface area contributed by atoms with Gasteiger partial charge in [-0.15, -0.1) is 0 Å². The number of ether oxygens (including phenoxy) is 2. The van der Waals surface area contributed by atoms with Crippen LogP contribution < -0.4 is 4.74 Å². The summed E-state index contributed by atoms with van der Waals surface area (Å²) in [5.74, 6) is -1.84. The third-order valence-corrected chi connectivity index (χ3v) is 3.24. The highest BCUT2D eigenvalue weighted by Gasteiger charge is 2.56. The summed E-state index contributed by atoms with van der Waals surface area (Å²) in [6, 6.07) is 4.90. The average Bonchev–Trinajstić information content (AvgIpc) is 2.73. The van der Waals surface area contributed by atoms with Crippen LogP contribution in [0, 0.1) is 10.1 Å². The van der Waals surface area contributed by atoms with Gasteiger partial charge in [0.2, 0.25) is 0 Å². The number of nitro benzene ring substituents is 1. The quantitative estimate of drug-likeness (QED) is 0.391. The highest BCUT2D eigenvalue weighted by Crippen LogP contribution is 2.34. The molecular weight excluding hydrogens is 286 g/mol. The first-order valence-corrected chi connectivity index (χ1v) is 6.12. The van der Waals surface area contributed by atoms with E-state index in [-0.39, 0.29) is 11.4 Å². The smallest absolute Gasteiger partial charge is 0.269 e. The molecule has 0 bridgehead atoms. The van der Waals surface area contributed by atoms with Gasteiger partial charge >= 0.3 is 0 Å². The van der Waals surface area contributed by atoms with Crippen LogP contribution >= 0.6 is 0 Å².